The molecule has 0 spiro atoms. The number of carbonyl (C=O) groups is 2. The molecule has 3 rings (SSSR count). The summed E-state index contributed by atoms with van der Waals surface area (Å²) in [6, 6.07) is 10.6. The summed E-state index contributed by atoms with van der Waals surface area (Å²) in [4.78, 5) is 28.3. The number of amides is 2. The third kappa shape index (κ3) is 5.76. The van der Waals surface area contributed by atoms with Gasteiger partial charge in [0.05, 0.1) is 12.7 Å². The number of halogens is 1. The molecule has 2 aromatic carbocycles. The molecule has 0 saturated heterocycles. The van der Waals surface area contributed by atoms with Crippen LogP contribution in [0.15, 0.2) is 40.9 Å². The SMILES string of the molecule is COc1ccc(Cl)cc1-c1noc(C(=O)NCCNC(=O)COc2cccc(C)c2C)n1. The van der Waals surface area contributed by atoms with Crippen molar-refractivity contribution in [2.45, 2.75) is 13.8 Å². The number of rotatable bonds is 9. The van der Waals surface area contributed by atoms with Gasteiger partial charge in [-0.15, -0.1) is 0 Å². The second-order valence-electron chi connectivity index (χ2n) is 6.86. The maximum atomic E-state index is 12.2. The summed E-state index contributed by atoms with van der Waals surface area (Å²) < 4.78 is 15.8. The number of nitrogens with zero attached hydrogens (tertiary/aromatic N) is 2. The van der Waals surface area contributed by atoms with E-state index in [4.69, 9.17) is 25.6 Å². The van der Waals surface area contributed by atoms with Gasteiger partial charge in [-0.1, -0.05) is 28.9 Å². The van der Waals surface area contributed by atoms with Crippen LogP contribution in [0.4, 0.5) is 0 Å². The van der Waals surface area contributed by atoms with Gasteiger partial charge in [0.1, 0.15) is 11.5 Å². The Kier molecular flexibility index (Phi) is 7.67. The lowest BCUT2D eigenvalue weighted by molar-refractivity contribution is -0.123. The molecule has 0 bridgehead atoms. The Morgan fingerprint density at radius 1 is 1.09 bits per heavy atom. The van der Waals surface area contributed by atoms with Gasteiger partial charge in [-0.2, -0.15) is 4.98 Å². The zero-order chi connectivity index (χ0) is 23.1. The highest BCUT2D eigenvalue weighted by molar-refractivity contribution is 6.30. The molecule has 0 aliphatic carbocycles. The van der Waals surface area contributed by atoms with E-state index in [1.807, 2.05) is 32.0 Å². The first-order chi connectivity index (χ1) is 15.4. The van der Waals surface area contributed by atoms with Gasteiger partial charge >= 0.3 is 11.8 Å². The van der Waals surface area contributed by atoms with Crippen LogP contribution < -0.4 is 20.1 Å². The Morgan fingerprint density at radius 2 is 1.88 bits per heavy atom. The van der Waals surface area contributed by atoms with Crippen LogP contribution in [0.5, 0.6) is 11.5 Å². The molecule has 1 aromatic heterocycles. The summed E-state index contributed by atoms with van der Waals surface area (Å²) >= 11 is 6.01. The molecule has 2 amide bonds. The van der Waals surface area contributed by atoms with E-state index in [1.54, 1.807) is 18.2 Å². The highest BCUT2D eigenvalue weighted by Crippen LogP contribution is 2.30. The van der Waals surface area contributed by atoms with Gasteiger partial charge in [-0.25, -0.2) is 0 Å². The molecule has 0 atom stereocenters. The molecule has 0 aliphatic rings. The van der Waals surface area contributed by atoms with Crippen LogP contribution >= 0.6 is 11.6 Å². The molecule has 3 aromatic rings. The topological polar surface area (TPSA) is 116 Å². The largest absolute Gasteiger partial charge is 0.496 e. The fourth-order valence-electron chi connectivity index (χ4n) is 2.81. The summed E-state index contributed by atoms with van der Waals surface area (Å²) in [5, 5.41) is 9.55. The first-order valence-corrected chi connectivity index (χ1v) is 10.2. The number of benzene rings is 2. The standard InChI is InChI=1S/C22H23ClN4O5/c1-13-5-4-6-17(14(13)2)31-12-19(28)24-9-10-25-21(29)22-26-20(27-32-22)16-11-15(23)7-8-18(16)30-3/h4-8,11H,9-10,12H2,1-3H3,(H,24,28)(H,25,29). The number of aromatic nitrogens is 2. The second kappa shape index (κ2) is 10.6. The van der Waals surface area contributed by atoms with Crippen molar-refractivity contribution in [2.75, 3.05) is 26.8 Å². The Bertz CT molecular complexity index is 1120. The number of nitrogens with one attached hydrogen (secondary N) is 2. The van der Waals surface area contributed by atoms with Crippen LogP contribution in [-0.2, 0) is 4.79 Å². The summed E-state index contributed by atoms with van der Waals surface area (Å²) in [5.41, 5.74) is 2.57. The van der Waals surface area contributed by atoms with Crippen molar-refractivity contribution in [1.82, 2.24) is 20.8 Å². The molecular formula is C22H23ClN4O5. The minimum absolute atomic E-state index is 0.118. The smallest absolute Gasteiger partial charge is 0.316 e. The molecule has 0 radical (unpaired) electrons. The molecular weight excluding hydrogens is 436 g/mol. The number of carbonyl (C=O) groups excluding carboxylic acids is 2. The lowest BCUT2D eigenvalue weighted by Crippen LogP contribution is -2.36. The van der Waals surface area contributed by atoms with E-state index in [1.165, 1.54) is 7.11 Å². The molecule has 9 nitrogen and oxygen atoms in total. The molecule has 0 fully saturated rings. The Morgan fingerprint density at radius 3 is 2.66 bits per heavy atom. The van der Waals surface area contributed by atoms with Gasteiger partial charge in [0, 0.05) is 18.1 Å². The number of hydrogen-bond donors (Lipinski definition) is 2. The normalized spacial score (nSPS) is 10.5. The lowest BCUT2D eigenvalue weighted by Gasteiger charge is -2.11. The summed E-state index contributed by atoms with van der Waals surface area (Å²) in [5.74, 6) is 0.252. The van der Waals surface area contributed by atoms with E-state index in [0.29, 0.717) is 22.1 Å². The Balaban J connectivity index is 1.45. The van der Waals surface area contributed by atoms with Gasteiger partial charge in [0.15, 0.2) is 6.61 Å². The van der Waals surface area contributed by atoms with E-state index < -0.39 is 5.91 Å². The molecule has 0 aliphatic heterocycles. The summed E-state index contributed by atoms with van der Waals surface area (Å²) in [7, 11) is 1.50. The average molecular weight is 459 g/mol. The number of ether oxygens (including phenoxy) is 2. The van der Waals surface area contributed by atoms with Crippen LogP contribution in [0.25, 0.3) is 11.4 Å². The minimum Gasteiger partial charge on any atom is -0.496 e. The minimum atomic E-state index is -0.564. The summed E-state index contributed by atoms with van der Waals surface area (Å²) in [6.07, 6.45) is 0. The highest BCUT2D eigenvalue weighted by Gasteiger charge is 2.18. The van der Waals surface area contributed by atoms with E-state index in [0.717, 1.165) is 11.1 Å². The molecule has 2 N–H and O–H groups in total. The van der Waals surface area contributed by atoms with Crippen molar-refractivity contribution in [1.29, 1.82) is 0 Å². The molecule has 10 heteroatoms. The van der Waals surface area contributed by atoms with E-state index >= 15 is 0 Å². The zero-order valence-corrected chi connectivity index (χ0v) is 18.7. The van der Waals surface area contributed by atoms with Crippen molar-refractivity contribution in [3.8, 4) is 22.9 Å². The second-order valence-corrected chi connectivity index (χ2v) is 7.30. The third-order valence-corrected chi connectivity index (χ3v) is 4.90. The van der Waals surface area contributed by atoms with Gasteiger partial charge < -0.3 is 24.6 Å². The molecule has 168 valence electrons. The number of methoxy groups -OCH3 is 1. The van der Waals surface area contributed by atoms with Gasteiger partial charge in [0.2, 0.25) is 5.82 Å². The molecule has 1 heterocycles. The first kappa shape index (κ1) is 23.1. The van der Waals surface area contributed by atoms with Crippen molar-refractivity contribution >= 4 is 23.4 Å². The van der Waals surface area contributed by atoms with Gasteiger partial charge in [-0.3, -0.25) is 9.59 Å². The third-order valence-electron chi connectivity index (χ3n) is 4.67. The van der Waals surface area contributed by atoms with Crippen LogP contribution in [-0.4, -0.2) is 48.8 Å². The Labute approximate surface area is 190 Å². The van der Waals surface area contributed by atoms with Crippen molar-refractivity contribution in [3.05, 3.63) is 58.4 Å². The zero-order valence-electron chi connectivity index (χ0n) is 17.9. The van der Waals surface area contributed by atoms with E-state index in [-0.39, 0.29) is 37.3 Å². The van der Waals surface area contributed by atoms with Gasteiger partial charge in [-0.05, 0) is 49.2 Å². The maximum Gasteiger partial charge on any atom is 0.316 e. The van der Waals surface area contributed by atoms with Crippen LogP contribution in [0.1, 0.15) is 21.8 Å². The Hall–Kier alpha value is -3.59. The monoisotopic (exact) mass is 458 g/mol. The fraction of sp³-hybridized carbons (Fsp3) is 0.273. The summed E-state index contributed by atoms with van der Waals surface area (Å²) in [6.45, 7) is 4.18. The number of hydrogen-bond acceptors (Lipinski definition) is 7. The van der Waals surface area contributed by atoms with Crippen molar-refractivity contribution in [2.24, 2.45) is 0 Å². The van der Waals surface area contributed by atoms with E-state index in [9.17, 15) is 9.59 Å². The van der Waals surface area contributed by atoms with Crippen molar-refractivity contribution in [3.63, 3.8) is 0 Å². The quantitative estimate of drug-likeness (QED) is 0.473. The molecule has 0 saturated carbocycles. The van der Waals surface area contributed by atoms with Gasteiger partial charge in [0.25, 0.3) is 5.91 Å². The van der Waals surface area contributed by atoms with Crippen molar-refractivity contribution < 1.29 is 23.6 Å². The lowest BCUT2D eigenvalue weighted by atomic mass is 10.1. The van der Waals surface area contributed by atoms with Crippen LogP contribution in [0.2, 0.25) is 5.02 Å². The van der Waals surface area contributed by atoms with E-state index in [2.05, 4.69) is 20.8 Å². The molecule has 32 heavy (non-hydrogen) atoms. The van der Waals surface area contributed by atoms with Crippen LogP contribution in [0.3, 0.4) is 0 Å². The highest BCUT2D eigenvalue weighted by atomic mass is 35.5. The maximum absolute atomic E-state index is 12.2. The van der Waals surface area contributed by atoms with Crippen LogP contribution in [0, 0.1) is 13.8 Å². The average Bonchev–Trinajstić information content (AvgIpc) is 3.28. The predicted octanol–water partition coefficient (Wildman–Crippen LogP) is 2.94. The molecule has 0 unspecified atom stereocenters. The predicted molar refractivity (Wildman–Crippen MR) is 118 cm³/mol. The first-order valence-electron chi connectivity index (χ1n) is 9.80. The fourth-order valence-corrected chi connectivity index (χ4v) is 2.98. The number of aryl methyl sites for hydroxylation is 1.